The van der Waals surface area contributed by atoms with Crippen molar-refractivity contribution in [1.29, 1.82) is 0 Å². The molecular weight excluding hydrogens is 139 g/mol. The predicted octanol–water partition coefficient (Wildman–Crippen LogP) is 0.614. The molecule has 0 rings (SSSR count). The minimum Gasteiger partial charge on any atom is -0.360 e. The molecule has 3 nitrogen and oxygen atoms in total. The van der Waals surface area contributed by atoms with E-state index in [1.807, 2.05) is 6.92 Å². The van der Waals surface area contributed by atoms with Crippen molar-refractivity contribution in [3.05, 3.63) is 0 Å². The molecule has 0 radical (unpaired) electrons. The number of aliphatic hydroxyl groups is 2. The van der Waals surface area contributed by atoms with Crippen molar-refractivity contribution in [2.45, 2.75) is 25.3 Å². The normalized spacial score (nSPS) is 15.6. The van der Waals surface area contributed by atoms with Crippen LogP contribution in [-0.4, -0.2) is 22.4 Å². The Kier molecular flexibility index (Phi) is 3.41. The lowest BCUT2D eigenvalue weighted by molar-refractivity contribution is -0.0891. The van der Waals surface area contributed by atoms with Gasteiger partial charge in [0, 0.05) is 6.42 Å². The van der Waals surface area contributed by atoms with Crippen LogP contribution in [0.4, 0.5) is 0 Å². The molecule has 56 valence electrons. The van der Waals surface area contributed by atoms with Gasteiger partial charge in [0.05, 0.1) is 0 Å². The van der Waals surface area contributed by atoms with Gasteiger partial charge < -0.3 is 14.8 Å². The first-order chi connectivity index (χ1) is 4.00. The molecule has 0 saturated heterocycles. The molecule has 0 aromatic carbocycles. The summed E-state index contributed by atoms with van der Waals surface area (Å²) in [5.74, 6) is 0. The van der Waals surface area contributed by atoms with Crippen LogP contribution >= 0.6 is 7.80 Å². The highest BCUT2D eigenvalue weighted by Gasteiger charge is 2.25. The molecule has 0 bridgehead atoms. The molecule has 9 heavy (non-hydrogen) atoms. The highest BCUT2D eigenvalue weighted by Crippen LogP contribution is 2.33. The zero-order chi connectivity index (χ0) is 7.49. The van der Waals surface area contributed by atoms with Gasteiger partial charge in [0.1, 0.15) is 7.80 Å². The molecule has 0 spiro atoms. The summed E-state index contributed by atoms with van der Waals surface area (Å²) < 4.78 is 10.5. The van der Waals surface area contributed by atoms with E-state index in [9.17, 15) is 4.57 Å². The average Bonchev–Trinajstić information content (AvgIpc) is 1.65. The standard InChI is InChI=1S/C5H13O3P/c1-3-4-5(6,7)9(2)8/h6-7,9H,3-4H2,1-2H3. The van der Waals surface area contributed by atoms with Crippen LogP contribution in [0.2, 0.25) is 0 Å². The summed E-state index contributed by atoms with van der Waals surface area (Å²) in [4.78, 5) is 0. The Morgan fingerprint density at radius 1 is 1.56 bits per heavy atom. The van der Waals surface area contributed by atoms with Gasteiger partial charge in [-0.1, -0.05) is 13.3 Å². The lowest BCUT2D eigenvalue weighted by atomic mass is 10.3. The number of hydrogen-bond acceptors (Lipinski definition) is 3. The van der Waals surface area contributed by atoms with Crippen LogP contribution in [0.5, 0.6) is 0 Å². The first-order valence-corrected chi connectivity index (χ1v) is 4.87. The fourth-order valence-electron chi connectivity index (χ4n) is 0.525. The van der Waals surface area contributed by atoms with E-state index in [4.69, 9.17) is 10.2 Å². The predicted molar refractivity (Wildman–Crippen MR) is 37.0 cm³/mol. The summed E-state index contributed by atoms with van der Waals surface area (Å²) >= 11 is 0. The quantitative estimate of drug-likeness (QED) is 0.460. The first kappa shape index (κ1) is 9.15. The zero-order valence-corrected chi connectivity index (χ0v) is 6.72. The van der Waals surface area contributed by atoms with E-state index in [-0.39, 0.29) is 6.42 Å². The lowest BCUT2D eigenvalue weighted by Crippen LogP contribution is -2.21. The van der Waals surface area contributed by atoms with Gasteiger partial charge in [-0.15, -0.1) is 0 Å². The molecule has 0 aliphatic heterocycles. The van der Waals surface area contributed by atoms with Gasteiger partial charge in [-0.05, 0) is 6.66 Å². The fourth-order valence-corrected chi connectivity index (χ4v) is 1.13. The molecule has 0 aliphatic rings. The van der Waals surface area contributed by atoms with Crippen LogP contribution in [0.25, 0.3) is 0 Å². The largest absolute Gasteiger partial charge is 0.360 e. The molecule has 4 heteroatoms. The van der Waals surface area contributed by atoms with Crippen molar-refractivity contribution in [2.75, 3.05) is 6.66 Å². The Labute approximate surface area is 55.5 Å². The summed E-state index contributed by atoms with van der Waals surface area (Å²) in [5, 5.41) is 17.8. The van der Waals surface area contributed by atoms with Crippen LogP contribution in [0.15, 0.2) is 0 Å². The van der Waals surface area contributed by atoms with E-state index in [0.717, 1.165) is 0 Å². The van der Waals surface area contributed by atoms with Gasteiger partial charge in [0.25, 0.3) is 0 Å². The lowest BCUT2D eigenvalue weighted by Gasteiger charge is -2.17. The second kappa shape index (κ2) is 3.35. The molecule has 0 saturated carbocycles. The molecule has 0 amide bonds. The second-order valence-electron chi connectivity index (χ2n) is 2.12. The third-order valence-electron chi connectivity index (χ3n) is 1.16. The summed E-state index contributed by atoms with van der Waals surface area (Å²) in [7, 11) is -2.21. The Bertz CT molecular complexity index is 111. The molecule has 0 fully saturated rings. The van der Waals surface area contributed by atoms with Crippen molar-refractivity contribution < 1.29 is 14.8 Å². The fraction of sp³-hybridized carbons (Fsp3) is 1.00. The van der Waals surface area contributed by atoms with Crippen molar-refractivity contribution in [3.8, 4) is 0 Å². The molecule has 2 N–H and O–H groups in total. The smallest absolute Gasteiger partial charge is 0.214 e. The van der Waals surface area contributed by atoms with E-state index in [1.165, 1.54) is 6.66 Å². The second-order valence-corrected chi connectivity index (χ2v) is 4.04. The van der Waals surface area contributed by atoms with E-state index in [2.05, 4.69) is 0 Å². The van der Waals surface area contributed by atoms with Crippen LogP contribution in [-0.2, 0) is 4.57 Å². The van der Waals surface area contributed by atoms with Crippen LogP contribution < -0.4 is 0 Å². The summed E-state index contributed by atoms with van der Waals surface area (Å²) in [5.41, 5.74) is -1.90. The molecule has 0 heterocycles. The van der Waals surface area contributed by atoms with Gasteiger partial charge in [0.2, 0.25) is 5.53 Å². The minimum atomic E-state index is -2.21. The molecule has 1 unspecified atom stereocenters. The molecule has 0 aromatic rings. The minimum absolute atomic E-state index is 0.196. The molecule has 1 atom stereocenters. The van der Waals surface area contributed by atoms with Crippen molar-refractivity contribution >= 4 is 7.80 Å². The van der Waals surface area contributed by atoms with Crippen molar-refractivity contribution in [2.24, 2.45) is 0 Å². The van der Waals surface area contributed by atoms with Crippen molar-refractivity contribution in [1.82, 2.24) is 0 Å². The molecule has 0 aliphatic carbocycles. The van der Waals surface area contributed by atoms with E-state index >= 15 is 0 Å². The maximum absolute atomic E-state index is 10.5. The van der Waals surface area contributed by atoms with Gasteiger partial charge in [0.15, 0.2) is 0 Å². The average molecular weight is 152 g/mol. The van der Waals surface area contributed by atoms with Gasteiger partial charge in [-0.25, -0.2) is 0 Å². The zero-order valence-electron chi connectivity index (χ0n) is 5.72. The summed E-state index contributed by atoms with van der Waals surface area (Å²) in [6, 6.07) is 0. The van der Waals surface area contributed by atoms with Gasteiger partial charge in [-0.3, -0.25) is 0 Å². The van der Waals surface area contributed by atoms with Gasteiger partial charge >= 0.3 is 0 Å². The Morgan fingerprint density at radius 2 is 2.00 bits per heavy atom. The topological polar surface area (TPSA) is 57.5 Å². The summed E-state index contributed by atoms with van der Waals surface area (Å²) in [6.45, 7) is 3.16. The molecule has 0 aromatic heterocycles. The third-order valence-corrected chi connectivity index (χ3v) is 2.54. The SMILES string of the molecule is CCCC(O)(O)[PH](C)=O. The monoisotopic (exact) mass is 152 g/mol. The Hall–Kier alpha value is 0.150. The van der Waals surface area contributed by atoms with E-state index in [0.29, 0.717) is 6.42 Å². The van der Waals surface area contributed by atoms with Crippen molar-refractivity contribution in [3.63, 3.8) is 0 Å². The van der Waals surface area contributed by atoms with Crippen LogP contribution in [0.3, 0.4) is 0 Å². The highest BCUT2D eigenvalue weighted by atomic mass is 31.1. The Morgan fingerprint density at radius 3 is 2.11 bits per heavy atom. The maximum atomic E-state index is 10.5. The molecular formula is C5H13O3P. The Balaban J connectivity index is 3.85. The van der Waals surface area contributed by atoms with Crippen LogP contribution in [0.1, 0.15) is 19.8 Å². The first-order valence-electron chi connectivity index (χ1n) is 2.96. The maximum Gasteiger partial charge on any atom is 0.214 e. The number of rotatable bonds is 3. The van der Waals surface area contributed by atoms with E-state index in [1.54, 1.807) is 0 Å². The van der Waals surface area contributed by atoms with E-state index < -0.39 is 13.3 Å². The van der Waals surface area contributed by atoms with Crippen LogP contribution in [0, 0.1) is 0 Å². The third kappa shape index (κ3) is 2.99. The van der Waals surface area contributed by atoms with Gasteiger partial charge in [-0.2, -0.15) is 0 Å². The number of hydrogen-bond donors (Lipinski definition) is 2. The highest BCUT2D eigenvalue weighted by molar-refractivity contribution is 7.45. The summed E-state index contributed by atoms with van der Waals surface area (Å²) in [6.07, 6.45) is 0.832.